The van der Waals surface area contributed by atoms with E-state index >= 15 is 0 Å². The summed E-state index contributed by atoms with van der Waals surface area (Å²) in [6, 6.07) is 8.09. The monoisotopic (exact) mass is 555 g/mol. The Morgan fingerprint density at radius 1 is 1.13 bits per heavy atom. The maximum atomic E-state index is 14.6. The molecular formula is C23H15F6N5O3S. The van der Waals surface area contributed by atoms with Gasteiger partial charge in [0, 0.05) is 23.8 Å². The number of benzene rings is 1. The molecule has 198 valence electrons. The highest BCUT2D eigenvalue weighted by atomic mass is 32.2. The van der Waals surface area contributed by atoms with Gasteiger partial charge in [-0.1, -0.05) is 6.07 Å². The molecule has 0 saturated heterocycles. The number of alkyl halides is 5. The van der Waals surface area contributed by atoms with Crippen LogP contribution in [0.4, 0.5) is 26.3 Å². The number of fused-ring (bicyclic) bond motifs is 1. The topological polar surface area (TPSA) is 110 Å². The van der Waals surface area contributed by atoms with E-state index in [0.29, 0.717) is 6.92 Å². The van der Waals surface area contributed by atoms with Crippen molar-refractivity contribution < 1.29 is 39.5 Å². The molecule has 15 heteroatoms. The van der Waals surface area contributed by atoms with Gasteiger partial charge in [0.15, 0.2) is 11.6 Å². The number of hydrogen-bond acceptors (Lipinski definition) is 6. The van der Waals surface area contributed by atoms with Crippen LogP contribution in [0.2, 0.25) is 0 Å². The van der Waals surface area contributed by atoms with Gasteiger partial charge in [-0.15, -0.1) is 0 Å². The summed E-state index contributed by atoms with van der Waals surface area (Å²) >= 11 is 0. The summed E-state index contributed by atoms with van der Waals surface area (Å²) in [4.78, 5) is 7.62. The van der Waals surface area contributed by atoms with E-state index in [2.05, 4.69) is 14.7 Å². The standard InChI is InChI=1S/C23H15F6N5O3S/c1-12(23(27,28)29)33-38(35,36)13-5-6-17(32-11-13)21-15(10-30)14-8-16(24)19(37-22(25)26)9-18(14)34(21)20-4-2-3-7-31-20/h2-9,11-12,22,33H,1H3/t12-/m1/s1. The summed E-state index contributed by atoms with van der Waals surface area (Å²) < 4.78 is 111. The van der Waals surface area contributed by atoms with Crippen LogP contribution in [0.5, 0.6) is 5.75 Å². The van der Waals surface area contributed by atoms with Crippen molar-refractivity contribution in [2.75, 3.05) is 0 Å². The van der Waals surface area contributed by atoms with Crippen LogP contribution in [0, 0.1) is 17.1 Å². The minimum absolute atomic E-state index is 0.00429. The quantitative estimate of drug-likeness (QED) is 0.324. The zero-order valence-corrected chi connectivity index (χ0v) is 19.9. The second-order valence-electron chi connectivity index (χ2n) is 7.80. The van der Waals surface area contributed by atoms with Crippen LogP contribution in [0.25, 0.3) is 28.1 Å². The molecule has 1 atom stereocenters. The normalized spacial score (nSPS) is 13.0. The van der Waals surface area contributed by atoms with Gasteiger partial charge in [-0.25, -0.2) is 17.8 Å². The summed E-state index contributed by atoms with van der Waals surface area (Å²) in [6.07, 6.45) is -2.64. The second-order valence-corrected chi connectivity index (χ2v) is 9.51. The smallest absolute Gasteiger partial charge is 0.404 e. The van der Waals surface area contributed by atoms with Gasteiger partial charge in [-0.05, 0) is 37.3 Å². The molecule has 0 amide bonds. The number of nitriles is 1. The SMILES string of the molecule is C[C@@H](NS(=O)(=O)c1ccc(-c2c(C#N)c3cc(F)c(OC(F)F)cc3n2-c2ccccn2)nc1)C(F)(F)F. The lowest BCUT2D eigenvalue weighted by Gasteiger charge is -2.17. The highest BCUT2D eigenvalue weighted by Gasteiger charge is 2.39. The summed E-state index contributed by atoms with van der Waals surface area (Å²) in [6.45, 7) is -2.70. The van der Waals surface area contributed by atoms with E-state index in [-0.39, 0.29) is 33.7 Å². The number of pyridine rings is 2. The van der Waals surface area contributed by atoms with Gasteiger partial charge in [-0.2, -0.15) is 31.9 Å². The molecule has 4 aromatic rings. The van der Waals surface area contributed by atoms with Gasteiger partial charge in [-0.3, -0.25) is 9.55 Å². The van der Waals surface area contributed by atoms with Crippen LogP contribution < -0.4 is 9.46 Å². The molecule has 0 spiro atoms. The third-order valence-electron chi connectivity index (χ3n) is 5.34. The minimum atomic E-state index is -4.83. The Hall–Kier alpha value is -4.16. The molecular weight excluding hydrogens is 540 g/mol. The first kappa shape index (κ1) is 26.9. The van der Waals surface area contributed by atoms with Crippen molar-refractivity contribution in [3.05, 3.63) is 66.2 Å². The Kier molecular flexibility index (Phi) is 7.04. The predicted octanol–water partition coefficient (Wildman–Crippen LogP) is 4.93. The number of halogens is 6. The average Bonchev–Trinajstić information content (AvgIpc) is 3.16. The number of aromatic nitrogens is 3. The van der Waals surface area contributed by atoms with Crippen LogP contribution in [0.1, 0.15) is 12.5 Å². The van der Waals surface area contributed by atoms with E-state index in [1.54, 1.807) is 12.1 Å². The van der Waals surface area contributed by atoms with E-state index < -0.39 is 45.3 Å². The average molecular weight is 555 g/mol. The van der Waals surface area contributed by atoms with Gasteiger partial charge in [0.25, 0.3) is 0 Å². The summed E-state index contributed by atoms with van der Waals surface area (Å²) in [5, 5.41) is 9.90. The van der Waals surface area contributed by atoms with Crippen LogP contribution in [0.3, 0.4) is 0 Å². The number of ether oxygens (including phenoxy) is 1. The van der Waals surface area contributed by atoms with Crippen molar-refractivity contribution in [1.82, 2.24) is 19.3 Å². The zero-order chi connectivity index (χ0) is 27.8. The fourth-order valence-electron chi connectivity index (χ4n) is 3.60. The van der Waals surface area contributed by atoms with Crippen molar-refractivity contribution in [2.24, 2.45) is 0 Å². The van der Waals surface area contributed by atoms with Crippen molar-refractivity contribution in [1.29, 1.82) is 5.26 Å². The molecule has 4 rings (SSSR count). The molecule has 0 bridgehead atoms. The molecule has 38 heavy (non-hydrogen) atoms. The third kappa shape index (κ3) is 5.13. The zero-order valence-electron chi connectivity index (χ0n) is 19.0. The van der Waals surface area contributed by atoms with Gasteiger partial charge in [0.2, 0.25) is 10.0 Å². The molecule has 0 radical (unpaired) electrons. The van der Waals surface area contributed by atoms with E-state index in [1.807, 2.05) is 6.07 Å². The first-order valence-corrected chi connectivity index (χ1v) is 12.0. The molecule has 3 aromatic heterocycles. The van der Waals surface area contributed by atoms with Crippen molar-refractivity contribution in [2.45, 2.75) is 30.6 Å². The van der Waals surface area contributed by atoms with Gasteiger partial charge in [0.1, 0.15) is 22.8 Å². The first-order chi connectivity index (χ1) is 17.8. The molecule has 3 heterocycles. The van der Waals surface area contributed by atoms with E-state index in [4.69, 9.17) is 0 Å². The molecule has 1 N–H and O–H groups in total. The van der Waals surface area contributed by atoms with Gasteiger partial charge < -0.3 is 4.74 Å². The van der Waals surface area contributed by atoms with Crippen LogP contribution >= 0.6 is 0 Å². The Morgan fingerprint density at radius 2 is 1.87 bits per heavy atom. The molecule has 1 aromatic carbocycles. The molecule has 8 nitrogen and oxygen atoms in total. The van der Waals surface area contributed by atoms with E-state index in [0.717, 1.165) is 30.5 Å². The molecule has 0 saturated carbocycles. The highest BCUT2D eigenvalue weighted by Crippen LogP contribution is 2.38. The fraction of sp³-hybridized carbons (Fsp3) is 0.174. The first-order valence-electron chi connectivity index (χ1n) is 10.5. The van der Waals surface area contributed by atoms with Crippen molar-refractivity contribution >= 4 is 20.9 Å². The summed E-state index contributed by atoms with van der Waals surface area (Å²) in [5.74, 6) is -1.79. The number of hydrogen-bond donors (Lipinski definition) is 1. The second kappa shape index (κ2) is 9.95. The maximum absolute atomic E-state index is 14.6. The Morgan fingerprint density at radius 3 is 2.42 bits per heavy atom. The highest BCUT2D eigenvalue weighted by molar-refractivity contribution is 7.89. The van der Waals surface area contributed by atoms with E-state index in [1.165, 1.54) is 21.6 Å². The van der Waals surface area contributed by atoms with Crippen molar-refractivity contribution in [3.63, 3.8) is 0 Å². The van der Waals surface area contributed by atoms with E-state index in [9.17, 15) is 40.0 Å². The van der Waals surface area contributed by atoms with Crippen LogP contribution in [-0.4, -0.2) is 41.8 Å². The Bertz CT molecular complexity index is 1630. The minimum Gasteiger partial charge on any atom is -0.432 e. The van der Waals surface area contributed by atoms with Gasteiger partial charge in [0.05, 0.1) is 22.5 Å². The molecule has 0 aliphatic rings. The summed E-state index contributed by atoms with van der Waals surface area (Å²) in [5.41, 5.74) is -0.148. The Balaban J connectivity index is 1.92. The summed E-state index contributed by atoms with van der Waals surface area (Å²) in [7, 11) is -4.62. The number of rotatable bonds is 7. The third-order valence-corrected chi connectivity index (χ3v) is 6.87. The van der Waals surface area contributed by atoms with Crippen LogP contribution in [-0.2, 0) is 10.0 Å². The maximum Gasteiger partial charge on any atom is 0.404 e. The lowest BCUT2D eigenvalue weighted by Crippen LogP contribution is -2.42. The number of nitrogens with zero attached hydrogens (tertiary/aromatic N) is 4. The fourth-order valence-corrected chi connectivity index (χ4v) is 4.77. The van der Waals surface area contributed by atoms with Crippen LogP contribution in [0.15, 0.2) is 59.8 Å². The predicted molar refractivity (Wildman–Crippen MR) is 121 cm³/mol. The van der Waals surface area contributed by atoms with Gasteiger partial charge >= 0.3 is 12.8 Å². The Labute approximate surface area is 211 Å². The molecule has 0 fully saturated rings. The van der Waals surface area contributed by atoms with Crippen molar-refractivity contribution in [3.8, 4) is 29.0 Å². The molecule has 0 aliphatic heterocycles. The lowest BCUT2D eigenvalue weighted by molar-refractivity contribution is -0.147. The number of sulfonamides is 1. The lowest BCUT2D eigenvalue weighted by atomic mass is 10.1. The molecule has 0 aliphatic carbocycles. The largest absolute Gasteiger partial charge is 0.432 e. The number of nitrogens with one attached hydrogen (secondary N) is 1. The molecule has 0 unspecified atom stereocenters.